The van der Waals surface area contributed by atoms with Gasteiger partial charge in [-0.25, -0.2) is 0 Å². The van der Waals surface area contributed by atoms with Crippen LogP contribution in [0, 0.1) is 0 Å². The lowest BCUT2D eigenvalue weighted by molar-refractivity contribution is -0.172. The van der Waals surface area contributed by atoms with Crippen molar-refractivity contribution in [2.75, 3.05) is 19.8 Å². The third-order valence-corrected chi connectivity index (χ3v) is 4.36. The van der Waals surface area contributed by atoms with Crippen LogP contribution in [0.2, 0.25) is 0 Å². The summed E-state index contributed by atoms with van der Waals surface area (Å²) in [7, 11) is 0. The van der Waals surface area contributed by atoms with E-state index in [1.54, 1.807) is 0 Å². The highest BCUT2D eigenvalue weighted by Gasteiger charge is 2.57. The van der Waals surface area contributed by atoms with E-state index in [4.69, 9.17) is 9.47 Å². The first-order valence-electron chi connectivity index (χ1n) is 6.72. The molecule has 1 aromatic carbocycles. The zero-order chi connectivity index (χ0) is 12.6. The summed E-state index contributed by atoms with van der Waals surface area (Å²) < 4.78 is 12.1. The molecular formula is C15H21NO2. The monoisotopic (exact) mass is 247 g/mol. The Labute approximate surface area is 108 Å². The largest absolute Gasteiger partial charge is 0.372 e. The highest BCUT2D eigenvalue weighted by atomic mass is 16.6. The Hall–Kier alpha value is -0.900. The molecule has 2 atom stereocenters. The molecule has 2 saturated heterocycles. The molecule has 3 rings (SSSR count). The van der Waals surface area contributed by atoms with Crippen LogP contribution in [0.25, 0.3) is 0 Å². The Morgan fingerprint density at radius 1 is 1.11 bits per heavy atom. The Morgan fingerprint density at radius 2 is 1.89 bits per heavy atom. The summed E-state index contributed by atoms with van der Waals surface area (Å²) in [4.78, 5) is 0. The van der Waals surface area contributed by atoms with E-state index in [1.807, 2.05) is 0 Å². The van der Waals surface area contributed by atoms with E-state index in [9.17, 15) is 0 Å². The molecule has 2 aliphatic rings. The van der Waals surface area contributed by atoms with E-state index in [1.165, 1.54) is 5.56 Å². The molecule has 2 heterocycles. The first-order chi connectivity index (χ1) is 8.66. The van der Waals surface area contributed by atoms with Gasteiger partial charge in [0.05, 0.1) is 24.9 Å². The smallest absolute Gasteiger partial charge is 0.118 e. The van der Waals surface area contributed by atoms with Gasteiger partial charge in [0.15, 0.2) is 0 Å². The van der Waals surface area contributed by atoms with Crippen molar-refractivity contribution in [2.24, 2.45) is 0 Å². The fraction of sp³-hybridized carbons (Fsp3) is 0.600. The van der Waals surface area contributed by atoms with Gasteiger partial charge in [-0.3, -0.25) is 0 Å². The first-order valence-corrected chi connectivity index (χ1v) is 6.72. The third kappa shape index (κ3) is 1.69. The van der Waals surface area contributed by atoms with E-state index in [0.29, 0.717) is 0 Å². The van der Waals surface area contributed by atoms with Crippen molar-refractivity contribution in [3.8, 4) is 0 Å². The fourth-order valence-corrected chi connectivity index (χ4v) is 3.34. The molecule has 98 valence electrons. The predicted molar refractivity (Wildman–Crippen MR) is 70.5 cm³/mol. The third-order valence-electron chi connectivity index (χ3n) is 4.36. The summed E-state index contributed by atoms with van der Waals surface area (Å²) in [6.45, 7) is 6.72. The topological polar surface area (TPSA) is 30.5 Å². The summed E-state index contributed by atoms with van der Waals surface area (Å²) in [5, 5.41) is 3.62. The van der Waals surface area contributed by atoms with Crippen LogP contribution in [0.3, 0.4) is 0 Å². The van der Waals surface area contributed by atoms with Gasteiger partial charge < -0.3 is 14.8 Å². The Balaban J connectivity index is 2.01. The summed E-state index contributed by atoms with van der Waals surface area (Å²) in [6.07, 6.45) is 0.951. The van der Waals surface area contributed by atoms with E-state index in [0.717, 1.165) is 26.2 Å². The molecule has 3 nitrogen and oxygen atoms in total. The van der Waals surface area contributed by atoms with Gasteiger partial charge in [-0.2, -0.15) is 0 Å². The maximum atomic E-state index is 6.22. The second kappa shape index (κ2) is 4.34. The van der Waals surface area contributed by atoms with Crippen LogP contribution in [0.4, 0.5) is 0 Å². The Bertz CT molecular complexity index is 418. The average Bonchev–Trinajstić information content (AvgIpc) is 2.67. The predicted octanol–water partition coefficient (Wildman–Crippen LogP) is 2.29. The molecule has 0 aromatic heterocycles. The maximum absolute atomic E-state index is 6.22. The zero-order valence-electron chi connectivity index (χ0n) is 11.1. The van der Waals surface area contributed by atoms with Crippen molar-refractivity contribution in [1.29, 1.82) is 0 Å². The summed E-state index contributed by atoms with van der Waals surface area (Å²) in [5.41, 5.74) is 0.795. The number of ether oxygens (including phenoxy) is 2. The Morgan fingerprint density at radius 3 is 2.56 bits per heavy atom. The summed E-state index contributed by atoms with van der Waals surface area (Å²) in [6, 6.07) is 10.8. The number of nitrogens with one attached hydrogen (secondary N) is 1. The molecule has 0 bridgehead atoms. The maximum Gasteiger partial charge on any atom is 0.118 e. The number of hydrogen-bond acceptors (Lipinski definition) is 3. The number of hydrogen-bond donors (Lipinski definition) is 1. The number of benzene rings is 1. The van der Waals surface area contributed by atoms with E-state index >= 15 is 0 Å². The molecule has 2 aliphatic heterocycles. The number of morpholine rings is 1. The van der Waals surface area contributed by atoms with Crippen molar-refractivity contribution in [3.63, 3.8) is 0 Å². The van der Waals surface area contributed by atoms with Crippen molar-refractivity contribution in [1.82, 2.24) is 5.32 Å². The van der Waals surface area contributed by atoms with Crippen LogP contribution in [-0.4, -0.2) is 31.0 Å². The average molecular weight is 247 g/mol. The first kappa shape index (κ1) is 12.2. The highest BCUT2D eigenvalue weighted by Crippen LogP contribution is 2.48. The van der Waals surface area contributed by atoms with Crippen molar-refractivity contribution >= 4 is 0 Å². The zero-order valence-corrected chi connectivity index (χ0v) is 11.1. The second-order valence-corrected chi connectivity index (χ2v) is 5.64. The van der Waals surface area contributed by atoms with Gasteiger partial charge >= 0.3 is 0 Å². The van der Waals surface area contributed by atoms with Gasteiger partial charge in [-0.15, -0.1) is 0 Å². The van der Waals surface area contributed by atoms with E-state index in [2.05, 4.69) is 49.5 Å². The van der Waals surface area contributed by atoms with Crippen LogP contribution in [-0.2, 0) is 9.47 Å². The van der Waals surface area contributed by atoms with Gasteiger partial charge in [-0.05, 0) is 19.4 Å². The lowest BCUT2D eigenvalue weighted by Crippen LogP contribution is -2.60. The molecular weight excluding hydrogens is 226 g/mol. The molecule has 1 aromatic rings. The molecule has 0 saturated carbocycles. The van der Waals surface area contributed by atoms with Gasteiger partial charge in [0.1, 0.15) is 5.60 Å². The molecule has 0 aliphatic carbocycles. The SMILES string of the molecule is CC1(C)OCCC12OCCNC2c1ccccc1. The normalized spacial score (nSPS) is 34.9. The lowest BCUT2D eigenvalue weighted by atomic mass is 9.75. The summed E-state index contributed by atoms with van der Waals surface area (Å²) >= 11 is 0. The quantitative estimate of drug-likeness (QED) is 0.826. The minimum absolute atomic E-state index is 0.213. The van der Waals surface area contributed by atoms with Gasteiger partial charge in [-0.1, -0.05) is 30.3 Å². The molecule has 2 unspecified atom stereocenters. The van der Waals surface area contributed by atoms with Crippen LogP contribution in [0.15, 0.2) is 30.3 Å². The second-order valence-electron chi connectivity index (χ2n) is 5.64. The molecule has 1 N–H and O–H groups in total. The minimum atomic E-state index is -0.249. The molecule has 2 fully saturated rings. The molecule has 0 amide bonds. The van der Waals surface area contributed by atoms with Crippen LogP contribution in [0.1, 0.15) is 31.9 Å². The van der Waals surface area contributed by atoms with Gasteiger partial charge in [0.25, 0.3) is 0 Å². The van der Waals surface area contributed by atoms with E-state index < -0.39 is 0 Å². The van der Waals surface area contributed by atoms with Crippen molar-refractivity contribution in [2.45, 2.75) is 37.5 Å². The molecule has 1 spiro atoms. The summed E-state index contributed by atoms with van der Waals surface area (Å²) in [5.74, 6) is 0. The van der Waals surface area contributed by atoms with Gasteiger partial charge in [0.2, 0.25) is 0 Å². The standard InChI is InChI=1S/C15H21NO2/c1-14(2)15(8-10-17-14)13(16-9-11-18-15)12-6-4-3-5-7-12/h3-7,13,16H,8-11H2,1-2H3. The molecule has 3 heteroatoms. The highest BCUT2D eigenvalue weighted by molar-refractivity contribution is 5.26. The van der Waals surface area contributed by atoms with Crippen molar-refractivity contribution < 1.29 is 9.47 Å². The molecule has 18 heavy (non-hydrogen) atoms. The Kier molecular flexibility index (Phi) is 2.93. The number of rotatable bonds is 1. The van der Waals surface area contributed by atoms with Crippen LogP contribution in [0.5, 0.6) is 0 Å². The van der Waals surface area contributed by atoms with E-state index in [-0.39, 0.29) is 17.2 Å². The van der Waals surface area contributed by atoms with Crippen molar-refractivity contribution in [3.05, 3.63) is 35.9 Å². The molecule has 0 radical (unpaired) electrons. The van der Waals surface area contributed by atoms with Gasteiger partial charge in [0, 0.05) is 13.0 Å². The fourth-order valence-electron chi connectivity index (χ4n) is 3.34. The minimum Gasteiger partial charge on any atom is -0.372 e. The lowest BCUT2D eigenvalue weighted by Gasteiger charge is -2.48. The van der Waals surface area contributed by atoms with Crippen LogP contribution >= 0.6 is 0 Å². The van der Waals surface area contributed by atoms with Crippen LogP contribution < -0.4 is 5.32 Å².